The van der Waals surface area contributed by atoms with Crippen LogP contribution in [-0.4, -0.2) is 31.0 Å². The summed E-state index contributed by atoms with van der Waals surface area (Å²) in [5.74, 6) is 0.632. The van der Waals surface area contributed by atoms with Crippen molar-refractivity contribution in [2.75, 3.05) is 20.2 Å². The molecule has 2 rings (SSSR count). The van der Waals surface area contributed by atoms with E-state index in [2.05, 4.69) is 6.92 Å². The second-order valence-corrected chi connectivity index (χ2v) is 5.56. The minimum Gasteiger partial charge on any atom is -0.494 e. The van der Waals surface area contributed by atoms with Crippen molar-refractivity contribution in [2.45, 2.75) is 32.6 Å². The van der Waals surface area contributed by atoms with Gasteiger partial charge >= 0.3 is 0 Å². The summed E-state index contributed by atoms with van der Waals surface area (Å²) in [5, 5.41) is 0. The maximum Gasteiger partial charge on any atom is 0.222 e. The van der Waals surface area contributed by atoms with Gasteiger partial charge in [0.15, 0.2) is 11.6 Å². The molecule has 1 aromatic carbocycles. The molecule has 0 aromatic heterocycles. The summed E-state index contributed by atoms with van der Waals surface area (Å²) in [7, 11) is 1.44. The maximum atomic E-state index is 13.6. The fraction of sp³-hybridized carbons (Fsp3) is 0.562. The third-order valence-electron chi connectivity index (χ3n) is 3.85. The first-order chi connectivity index (χ1) is 9.60. The van der Waals surface area contributed by atoms with Gasteiger partial charge in [-0.1, -0.05) is 13.0 Å². The van der Waals surface area contributed by atoms with Crippen molar-refractivity contribution < 1.29 is 13.9 Å². The van der Waals surface area contributed by atoms with Crippen LogP contribution >= 0.6 is 0 Å². The Morgan fingerprint density at radius 2 is 2.30 bits per heavy atom. The minimum absolute atomic E-state index is 0.174. The van der Waals surface area contributed by atoms with Crippen LogP contribution in [-0.2, 0) is 11.2 Å². The third kappa shape index (κ3) is 3.71. The first-order valence-electron chi connectivity index (χ1n) is 7.20. The lowest BCUT2D eigenvalue weighted by atomic mass is 9.99. The van der Waals surface area contributed by atoms with E-state index >= 15 is 0 Å². The number of carbonyl (C=O) groups is 1. The van der Waals surface area contributed by atoms with Crippen molar-refractivity contribution in [1.29, 1.82) is 0 Å². The molecule has 1 aliphatic heterocycles. The molecule has 3 nitrogen and oxygen atoms in total. The molecule has 4 heteroatoms. The van der Waals surface area contributed by atoms with Gasteiger partial charge < -0.3 is 9.64 Å². The largest absolute Gasteiger partial charge is 0.494 e. The number of hydrogen-bond donors (Lipinski definition) is 0. The zero-order chi connectivity index (χ0) is 14.5. The summed E-state index contributed by atoms with van der Waals surface area (Å²) in [5.41, 5.74) is 0.835. The van der Waals surface area contributed by atoms with Gasteiger partial charge in [-0.2, -0.15) is 0 Å². The van der Waals surface area contributed by atoms with Gasteiger partial charge in [-0.3, -0.25) is 4.79 Å². The van der Waals surface area contributed by atoms with E-state index in [0.717, 1.165) is 25.1 Å². The molecular formula is C16H22FNO2. The monoisotopic (exact) mass is 279 g/mol. The van der Waals surface area contributed by atoms with Crippen LogP contribution in [0.3, 0.4) is 0 Å². The van der Waals surface area contributed by atoms with Crippen LogP contribution in [0, 0.1) is 11.7 Å². The number of rotatable bonds is 4. The highest BCUT2D eigenvalue weighted by molar-refractivity contribution is 5.76. The van der Waals surface area contributed by atoms with Crippen molar-refractivity contribution in [3.8, 4) is 5.75 Å². The van der Waals surface area contributed by atoms with E-state index in [1.54, 1.807) is 6.07 Å². The van der Waals surface area contributed by atoms with Gasteiger partial charge in [0, 0.05) is 19.5 Å². The number of hydrogen-bond acceptors (Lipinski definition) is 2. The lowest BCUT2D eigenvalue weighted by Crippen LogP contribution is -2.39. The van der Waals surface area contributed by atoms with Gasteiger partial charge in [0.2, 0.25) is 5.91 Å². The maximum absolute atomic E-state index is 13.6. The van der Waals surface area contributed by atoms with Crippen molar-refractivity contribution in [1.82, 2.24) is 4.90 Å². The van der Waals surface area contributed by atoms with Crippen LogP contribution in [0.5, 0.6) is 5.75 Å². The zero-order valence-electron chi connectivity index (χ0n) is 12.2. The quantitative estimate of drug-likeness (QED) is 0.848. The van der Waals surface area contributed by atoms with Crippen molar-refractivity contribution in [2.24, 2.45) is 5.92 Å². The summed E-state index contributed by atoms with van der Waals surface area (Å²) in [6.45, 7) is 3.90. The van der Waals surface area contributed by atoms with Gasteiger partial charge in [0.1, 0.15) is 0 Å². The molecule has 0 aliphatic carbocycles. The number of methoxy groups -OCH3 is 1. The number of benzene rings is 1. The summed E-state index contributed by atoms with van der Waals surface area (Å²) in [4.78, 5) is 14.1. The van der Waals surface area contributed by atoms with E-state index in [1.165, 1.54) is 19.6 Å². The summed E-state index contributed by atoms with van der Waals surface area (Å²) < 4.78 is 18.4. The first kappa shape index (κ1) is 14.8. The number of carbonyl (C=O) groups excluding carboxylic acids is 1. The molecule has 0 spiro atoms. The van der Waals surface area contributed by atoms with E-state index < -0.39 is 0 Å². The lowest BCUT2D eigenvalue weighted by Gasteiger charge is -2.31. The molecule has 0 saturated carbocycles. The van der Waals surface area contributed by atoms with E-state index in [0.29, 0.717) is 18.8 Å². The molecule has 1 fully saturated rings. The molecule has 20 heavy (non-hydrogen) atoms. The highest BCUT2D eigenvalue weighted by Gasteiger charge is 2.20. The molecule has 1 amide bonds. The Hall–Kier alpha value is -1.58. The normalized spacial score (nSPS) is 18.9. The van der Waals surface area contributed by atoms with E-state index in [1.807, 2.05) is 11.0 Å². The standard InChI is InChI=1S/C16H22FNO2/c1-12-4-3-9-18(11-12)16(19)8-6-13-5-7-15(20-2)14(17)10-13/h5,7,10,12H,3-4,6,8-9,11H2,1-2H3. The first-order valence-corrected chi connectivity index (χ1v) is 7.20. The van der Waals surface area contributed by atoms with Gasteiger partial charge in [-0.25, -0.2) is 4.39 Å². The molecule has 0 N–H and O–H groups in total. The lowest BCUT2D eigenvalue weighted by molar-refractivity contribution is -0.132. The second kappa shape index (κ2) is 6.73. The molecule has 110 valence electrons. The number of nitrogens with zero attached hydrogens (tertiary/aromatic N) is 1. The minimum atomic E-state index is -0.371. The van der Waals surface area contributed by atoms with Crippen LogP contribution in [0.15, 0.2) is 18.2 Å². The molecule has 1 unspecified atom stereocenters. The Morgan fingerprint density at radius 1 is 1.50 bits per heavy atom. The topological polar surface area (TPSA) is 29.5 Å². The molecule has 1 saturated heterocycles. The average molecular weight is 279 g/mol. The van der Waals surface area contributed by atoms with Crippen molar-refractivity contribution in [3.05, 3.63) is 29.6 Å². The van der Waals surface area contributed by atoms with Gasteiger partial charge in [0.25, 0.3) is 0 Å². The zero-order valence-corrected chi connectivity index (χ0v) is 12.2. The van der Waals surface area contributed by atoms with Gasteiger partial charge in [0.05, 0.1) is 7.11 Å². The molecule has 0 bridgehead atoms. The van der Waals surface area contributed by atoms with E-state index in [-0.39, 0.29) is 17.5 Å². The molecule has 1 atom stereocenters. The van der Waals surface area contributed by atoms with Crippen LogP contribution < -0.4 is 4.74 Å². The second-order valence-electron chi connectivity index (χ2n) is 5.56. The Morgan fingerprint density at radius 3 is 2.95 bits per heavy atom. The van der Waals surface area contributed by atoms with Crippen molar-refractivity contribution >= 4 is 5.91 Å². The van der Waals surface area contributed by atoms with Crippen LogP contribution in [0.25, 0.3) is 0 Å². The fourth-order valence-corrected chi connectivity index (χ4v) is 2.69. The number of piperidine rings is 1. The summed E-state index contributed by atoms with van der Waals surface area (Å²) in [6, 6.07) is 4.87. The molecular weight excluding hydrogens is 257 g/mol. The Bertz CT molecular complexity index is 476. The SMILES string of the molecule is COc1ccc(CCC(=O)N2CCCC(C)C2)cc1F. The number of amides is 1. The summed E-state index contributed by atoms with van der Waals surface area (Å²) in [6.07, 6.45) is 3.31. The predicted molar refractivity (Wildman–Crippen MR) is 76.3 cm³/mol. The molecule has 0 radical (unpaired) electrons. The van der Waals surface area contributed by atoms with E-state index in [9.17, 15) is 9.18 Å². The van der Waals surface area contributed by atoms with Crippen LogP contribution in [0.2, 0.25) is 0 Å². The smallest absolute Gasteiger partial charge is 0.222 e. The number of ether oxygens (including phenoxy) is 1. The number of aryl methyl sites for hydroxylation is 1. The van der Waals surface area contributed by atoms with Crippen molar-refractivity contribution in [3.63, 3.8) is 0 Å². The molecule has 1 aromatic rings. The van der Waals surface area contributed by atoms with Gasteiger partial charge in [-0.15, -0.1) is 0 Å². The highest BCUT2D eigenvalue weighted by Crippen LogP contribution is 2.20. The Labute approximate surface area is 119 Å². The highest BCUT2D eigenvalue weighted by atomic mass is 19.1. The fourth-order valence-electron chi connectivity index (χ4n) is 2.69. The van der Waals surface area contributed by atoms with Crippen LogP contribution in [0.4, 0.5) is 4.39 Å². The molecule has 1 heterocycles. The third-order valence-corrected chi connectivity index (χ3v) is 3.85. The average Bonchev–Trinajstić information content (AvgIpc) is 2.45. The predicted octanol–water partition coefficient (Wildman–Crippen LogP) is 3.03. The van der Waals surface area contributed by atoms with Crippen LogP contribution in [0.1, 0.15) is 31.7 Å². The number of halogens is 1. The number of likely N-dealkylation sites (tertiary alicyclic amines) is 1. The van der Waals surface area contributed by atoms with E-state index in [4.69, 9.17) is 4.74 Å². The molecule has 1 aliphatic rings. The summed E-state index contributed by atoms with van der Waals surface area (Å²) >= 11 is 0. The Kier molecular flexibility index (Phi) is 4.99. The van der Waals surface area contributed by atoms with Gasteiger partial charge in [-0.05, 0) is 42.9 Å². The Balaban J connectivity index is 1.88.